The third kappa shape index (κ3) is 6.93. The lowest BCUT2D eigenvalue weighted by Gasteiger charge is -2.49. The van der Waals surface area contributed by atoms with Gasteiger partial charge in [-0.15, -0.1) is 23.1 Å². The first kappa shape index (κ1) is 32.0. The minimum Gasteiger partial charge on any atom is -0.496 e. The van der Waals surface area contributed by atoms with Gasteiger partial charge in [-0.25, -0.2) is 9.78 Å². The van der Waals surface area contributed by atoms with E-state index in [1.807, 2.05) is 84.9 Å². The number of β-lactam (4-membered cyclic amide) rings is 1. The van der Waals surface area contributed by atoms with Crippen molar-refractivity contribution in [2.45, 2.75) is 30.9 Å². The second kappa shape index (κ2) is 14.2. The number of carbonyl (C=O) groups is 4. The zero-order valence-corrected chi connectivity index (χ0v) is 27.2. The molecule has 0 bridgehead atoms. The molecule has 240 valence electrons. The fourth-order valence-corrected chi connectivity index (χ4v) is 7.62. The predicted octanol–water partition coefficient (Wildman–Crippen LogP) is 4.91. The van der Waals surface area contributed by atoms with Crippen LogP contribution in [0, 0.1) is 0 Å². The Hall–Kier alpha value is -4.94. The highest BCUT2D eigenvalue weighted by molar-refractivity contribution is 8.00. The number of benzene rings is 3. The zero-order valence-electron chi connectivity index (χ0n) is 25.6. The number of carbonyl (C=O) groups excluding carboxylic acids is 4. The summed E-state index contributed by atoms with van der Waals surface area (Å²) in [6, 6.07) is 25.3. The molecule has 0 saturated carbocycles. The van der Waals surface area contributed by atoms with Crippen molar-refractivity contribution < 1.29 is 33.4 Å². The summed E-state index contributed by atoms with van der Waals surface area (Å²) in [5, 5.41) is 4.82. The molecular formula is C35H31N3O7S2. The zero-order chi connectivity index (χ0) is 32.9. The SMILES string of the molecule is COc1ccccc1-c1nc(CC(=O)N[C@@H]2C(=O)N3C(C(=O)OC(c4ccccc4)c4ccccc4)=C(COC(C)=O)CS[C@H]23)cs1. The molecule has 2 aliphatic heterocycles. The minimum atomic E-state index is -0.850. The van der Waals surface area contributed by atoms with E-state index in [0.29, 0.717) is 22.8 Å². The molecule has 1 N–H and O–H groups in total. The van der Waals surface area contributed by atoms with E-state index in [4.69, 9.17) is 14.2 Å². The Morgan fingerprint density at radius 3 is 2.30 bits per heavy atom. The number of hydrogen-bond donors (Lipinski definition) is 1. The molecule has 1 fully saturated rings. The maximum Gasteiger partial charge on any atom is 0.356 e. The number of para-hydroxylation sites is 1. The van der Waals surface area contributed by atoms with E-state index in [2.05, 4.69) is 10.3 Å². The van der Waals surface area contributed by atoms with Crippen LogP contribution in [-0.4, -0.2) is 64.5 Å². The summed E-state index contributed by atoms with van der Waals surface area (Å²) in [5.41, 5.74) is 3.39. The molecule has 2 atom stereocenters. The molecule has 47 heavy (non-hydrogen) atoms. The van der Waals surface area contributed by atoms with Crippen LogP contribution in [-0.2, 0) is 35.1 Å². The van der Waals surface area contributed by atoms with Crippen LogP contribution >= 0.6 is 23.1 Å². The Morgan fingerprint density at radius 2 is 1.64 bits per heavy atom. The normalized spacial score (nSPS) is 17.1. The van der Waals surface area contributed by atoms with Crippen molar-refractivity contribution in [1.29, 1.82) is 0 Å². The lowest BCUT2D eigenvalue weighted by Crippen LogP contribution is -2.70. The number of thioether (sulfide) groups is 1. The summed E-state index contributed by atoms with van der Waals surface area (Å²) in [7, 11) is 1.59. The van der Waals surface area contributed by atoms with Crippen LogP contribution in [0.1, 0.15) is 29.8 Å². The average molecular weight is 670 g/mol. The molecule has 3 aromatic carbocycles. The van der Waals surface area contributed by atoms with Gasteiger partial charge < -0.3 is 19.5 Å². The van der Waals surface area contributed by atoms with Gasteiger partial charge in [-0.3, -0.25) is 19.3 Å². The number of hydrogen-bond acceptors (Lipinski definition) is 10. The third-order valence-corrected chi connectivity index (χ3v) is 9.93. The first-order valence-corrected chi connectivity index (χ1v) is 16.7. The molecule has 1 saturated heterocycles. The molecule has 10 nitrogen and oxygen atoms in total. The van der Waals surface area contributed by atoms with Crippen molar-refractivity contribution in [3.8, 4) is 16.3 Å². The Morgan fingerprint density at radius 1 is 0.979 bits per heavy atom. The van der Waals surface area contributed by atoms with Gasteiger partial charge in [0.2, 0.25) is 5.91 Å². The summed E-state index contributed by atoms with van der Waals surface area (Å²) >= 11 is 2.78. The number of ether oxygens (including phenoxy) is 3. The van der Waals surface area contributed by atoms with Gasteiger partial charge in [0.25, 0.3) is 5.91 Å². The van der Waals surface area contributed by atoms with E-state index >= 15 is 0 Å². The summed E-state index contributed by atoms with van der Waals surface area (Å²) in [4.78, 5) is 58.3. The maximum absolute atomic E-state index is 14.0. The monoisotopic (exact) mass is 669 g/mol. The molecule has 2 amide bonds. The molecular weight excluding hydrogens is 639 g/mol. The number of thiazole rings is 1. The standard InChI is InChI=1S/C35H31N3O7S2/c1-21(39)44-18-24-19-47-34-29(37-28(40)17-25-20-46-32(36-25)26-15-9-10-16-27(26)43-2)33(41)38(34)30(24)35(42)45-31(22-11-5-3-6-12-22)23-13-7-4-8-14-23/h3-16,20,29,31,34H,17-19H2,1-2H3,(H,37,40)/t29-,34-/m1/s1. The molecule has 0 radical (unpaired) electrons. The number of amides is 2. The molecule has 2 aliphatic rings. The summed E-state index contributed by atoms with van der Waals surface area (Å²) in [6.45, 7) is 1.11. The predicted molar refractivity (Wildman–Crippen MR) is 177 cm³/mol. The lowest BCUT2D eigenvalue weighted by atomic mass is 10.0. The maximum atomic E-state index is 14.0. The first-order valence-electron chi connectivity index (χ1n) is 14.8. The fraction of sp³-hybridized carbons (Fsp3) is 0.229. The molecule has 0 aliphatic carbocycles. The second-order valence-electron chi connectivity index (χ2n) is 10.8. The molecule has 1 aromatic heterocycles. The van der Waals surface area contributed by atoms with Gasteiger partial charge in [0.1, 0.15) is 34.5 Å². The van der Waals surface area contributed by atoms with Gasteiger partial charge in [-0.1, -0.05) is 72.8 Å². The highest BCUT2D eigenvalue weighted by Gasteiger charge is 2.54. The number of fused-ring (bicyclic) bond motifs is 1. The first-order chi connectivity index (χ1) is 22.8. The van der Waals surface area contributed by atoms with Gasteiger partial charge in [0, 0.05) is 23.6 Å². The molecule has 12 heteroatoms. The smallest absolute Gasteiger partial charge is 0.356 e. The highest BCUT2D eigenvalue weighted by atomic mass is 32.2. The van der Waals surface area contributed by atoms with Gasteiger partial charge in [0.05, 0.1) is 24.8 Å². The van der Waals surface area contributed by atoms with Crippen molar-refractivity contribution >= 4 is 46.9 Å². The van der Waals surface area contributed by atoms with Gasteiger partial charge >= 0.3 is 11.9 Å². The van der Waals surface area contributed by atoms with E-state index < -0.39 is 35.4 Å². The number of aromatic nitrogens is 1. The van der Waals surface area contributed by atoms with Crippen LogP contribution in [0.15, 0.2) is 102 Å². The summed E-state index contributed by atoms with van der Waals surface area (Å²) in [5.74, 6) is -1.07. The van der Waals surface area contributed by atoms with Crippen LogP contribution in [0.5, 0.6) is 5.75 Å². The van der Waals surface area contributed by atoms with Crippen LogP contribution < -0.4 is 10.1 Å². The van der Waals surface area contributed by atoms with E-state index in [1.165, 1.54) is 34.9 Å². The lowest BCUT2D eigenvalue weighted by molar-refractivity contribution is -0.155. The molecule has 6 rings (SSSR count). The van der Waals surface area contributed by atoms with E-state index in [-0.39, 0.29) is 24.6 Å². The molecule has 0 unspecified atom stereocenters. The van der Waals surface area contributed by atoms with Crippen LogP contribution in [0.3, 0.4) is 0 Å². The quantitative estimate of drug-likeness (QED) is 0.175. The Balaban J connectivity index is 1.19. The number of esters is 2. The molecule has 3 heterocycles. The van der Waals surface area contributed by atoms with Gasteiger partial charge in [-0.2, -0.15) is 0 Å². The van der Waals surface area contributed by atoms with Crippen molar-refractivity contribution in [1.82, 2.24) is 15.2 Å². The number of methoxy groups -OCH3 is 1. The fourth-order valence-electron chi connectivity index (χ4n) is 5.44. The molecule has 0 spiro atoms. The van der Waals surface area contributed by atoms with Gasteiger partial charge in [0.15, 0.2) is 6.10 Å². The second-order valence-corrected chi connectivity index (χ2v) is 12.8. The van der Waals surface area contributed by atoms with Crippen molar-refractivity contribution in [2.24, 2.45) is 0 Å². The Labute approximate surface area is 279 Å². The van der Waals surface area contributed by atoms with Crippen molar-refractivity contribution in [3.05, 3.63) is 118 Å². The number of nitrogens with one attached hydrogen (secondary N) is 1. The largest absolute Gasteiger partial charge is 0.496 e. The minimum absolute atomic E-state index is 0.0227. The third-order valence-electron chi connectivity index (χ3n) is 7.67. The average Bonchev–Trinajstić information content (AvgIpc) is 3.56. The summed E-state index contributed by atoms with van der Waals surface area (Å²) in [6.07, 6.45) is -0.767. The Bertz CT molecular complexity index is 1790. The topological polar surface area (TPSA) is 124 Å². The highest BCUT2D eigenvalue weighted by Crippen LogP contribution is 2.42. The molecule has 4 aromatic rings. The number of rotatable bonds is 11. The van der Waals surface area contributed by atoms with Crippen LogP contribution in [0.25, 0.3) is 10.6 Å². The van der Waals surface area contributed by atoms with Crippen molar-refractivity contribution in [2.75, 3.05) is 19.5 Å². The summed E-state index contributed by atoms with van der Waals surface area (Å²) < 4.78 is 16.8. The Kier molecular flexibility index (Phi) is 9.69. The number of nitrogens with zero attached hydrogens (tertiary/aromatic N) is 2. The van der Waals surface area contributed by atoms with Crippen molar-refractivity contribution in [3.63, 3.8) is 0 Å². The van der Waals surface area contributed by atoms with Crippen LogP contribution in [0.4, 0.5) is 0 Å². The van der Waals surface area contributed by atoms with E-state index in [1.54, 1.807) is 12.5 Å². The van der Waals surface area contributed by atoms with E-state index in [9.17, 15) is 19.2 Å². The van der Waals surface area contributed by atoms with Crippen LogP contribution in [0.2, 0.25) is 0 Å². The van der Waals surface area contributed by atoms with Gasteiger partial charge in [-0.05, 0) is 23.3 Å². The van der Waals surface area contributed by atoms with E-state index in [0.717, 1.165) is 21.7 Å².